The Labute approximate surface area is 80.2 Å². The summed E-state index contributed by atoms with van der Waals surface area (Å²) in [7, 11) is 1.28. The van der Waals surface area contributed by atoms with Gasteiger partial charge in [-0.2, -0.15) is 4.91 Å². The first-order valence-corrected chi connectivity index (χ1v) is 4.13. The molecule has 0 amide bonds. The summed E-state index contributed by atoms with van der Waals surface area (Å²) in [5.74, 6) is 0. The molecule has 0 spiro atoms. The van der Waals surface area contributed by atoms with Crippen LogP contribution in [0.1, 0.15) is 0 Å². The van der Waals surface area contributed by atoms with Crippen LogP contribution in [-0.2, 0) is 9.47 Å². The number of rotatable bonds is 3. The van der Waals surface area contributed by atoms with Gasteiger partial charge in [0, 0.05) is 7.11 Å². The molecule has 1 aliphatic heterocycles. The van der Waals surface area contributed by atoms with Crippen LogP contribution in [0.3, 0.4) is 0 Å². The number of nitrogens with zero attached hydrogens (tertiary/aromatic N) is 1. The van der Waals surface area contributed by atoms with Crippen molar-refractivity contribution in [2.45, 2.75) is 30.6 Å². The number of nitroso groups, excluding NO2 is 1. The fraction of sp³-hybridized carbons (Fsp3) is 1.00. The fourth-order valence-electron chi connectivity index (χ4n) is 1.39. The standard InChI is InChI=1S/C7H13NO6/c1-13-7-6(11)4(8-12)5(10)3(2-9)14-7/h3-7,9-11H,2H2,1H3. The maximum absolute atomic E-state index is 10.3. The average molecular weight is 207 g/mol. The van der Waals surface area contributed by atoms with Crippen LogP contribution in [0.15, 0.2) is 5.18 Å². The van der Waals surface area contributed by atoms with Crippen LogP contribution in [-0.4, -0.2) is 59.7 Å². The third-order valence-corrected chi connectivity index (χ3v) is 2.20. The molecule has 1 rings (SSSR count). The Hall–Kier alpha value is -0.600. The Balaban J connectivity index is 2.77. The van der Waals surface area contributed by atoms with Gasteiger partial charge in [0.05, 0.1) is 6.61 Å². The van der Waals surface area contributed by atoms with E-state index in [4.69, 9.17) is 14.6 Å². The van der Waals surface area contributed by atoms with Gasteiger partial charge in [-0.3, -0.25) is 0 Å². The van der Waals surface area contributed by atoms with Crippen LogP contribution >= 0.6 is 0 Å². The average Bonchev–Trinajstić information content (AvgIpc) is 2.19. The Kier molecular flexibility index (Phi) is 3.90. The van der Waals surface area contributed by atoms with Gasteiger partial charge in [-0.15, -0.1) is 0 Å². The molecule has 3 N–H and O–H groups in total. The Morgan fingerprint density at radius 2 is 2.07 bits per heavy atom. The summed E-state index contributed by atoms with van der Waals surface area (Å²) in [5.41, 5.74) is 0. The van der Waals surface area contributed by atoms with E-state index in [9.17, 15) is 15.1 Å². The highest BCUT2D eigenvalue weighted by atomic mass is 16.7. The summed E-state index contributed by atoms with van der Waals surface area (Å²) in [6.45, 7) is -0.472. The van der Waals surface area contributed by atoms with E-state index in [-0.39, 0.29) is 0 Å². The minimum atomic E-state index is -1.32. The highest BCUT2D eigenvalue weighted by molar-refractivity contribution is 4.93. The predicted octanol–water partition coefficient (Wildman–Crippen LogP) is -1.79. The Morgan fingerprint density at radius 3 is 2.50 bits per heavy atom. The number of methoxy groups -OCH3 is 1. The van der Waals surface area contributed by atoms with E-state index in [1.54, 1.807) is 0 Å². The third-order valence-electron chi connectivity index (χ3n) is 2.20. The van der Waals surface area contributed by atoms with E-state index >= 15 is 0 Å². The van der Waals surface area contributed by atoms with Crippen molar-refractivity contribution >= 4 is 0 Å². The summed E-state index contributed by atoms with van der Waals surface area (Å²) >= 11 is 0. The van der Waals surface area contributed by atoms with Crippen molar-refractivity contribution in [1.29, 1.82) is 0 Å². The molecule has 5 unspecified atom stereocenters. The number of ether oxygens (including phenoxy) is 2. The molecule has 0 bridgehead atoms. The van der Waals surface area contributed by atoms with E-state index in [0.717, 1.165) is 0 Å². The van der Waals surface area contributed by atoms with Gasteiger partial charge in [0.2, 0.25) is 0 Å². The molecule has 1 fully saturated rings. The number of hydrogen-bond donors (Lipinski definition) is 3. The largest absolute Gasteiger partial charge is 0.394 e. The number of aliphatic hydroxyl groups is 3. The van der Waals surface area contributed by atoms with Crippen molar-refractivity contribution in [3.8, 4) is 0 Å². The molecule has 7 nitrogen and oxygen atoms in total. The molecule has 5 atom stereocenters. The lowest BCUT2D eigenvalue weighted by Gasteiger charge is -2.38. The SMILES string of the molecule is COC1OC(CO)C(O)C(N=O)C1O. The zero-order valence-corrected chi connectivity index (χ0v) is 7.61. The first-order valence-electron chi connectivity index (χ1n) is 4.13. The van der Waals surface area contributed by atoms with Gasteiger partial charge in [0.25, 0.3) is 0 Å². The highest BCUT2D eigenvalue weighted by Crippen LogP contribution is 2.23. The maximum atomic E-state index is 10.3. The fourth-order valence-corrected chi connectivity index (χ4v) is 1.39. The molecule has 7 heteroatoms. The first-order chi connectivity index (χ1) is 6.65. The molecule has 1 heterocycles. The molecular formula is C7H13NO6. The second-order valence-electron chi connectivity index (χ2n) is 3.04. The lowest BCUT2D eigenvalue weighted by molar-refractivity contribution is -0.267. The van der Waals surface area contributed by atoms with Gasteiger partial charge in [0.1, 0.15) is 18.3 Å². The summed E-state index contributed by atoms with van der Waals surface area (Å²) in [6, 6.07) is -1.24. The topological polar surface area (TPSA) is 109 Å². The molecule has 0 aromatic heterocycles. The summed E-state index contributed by atoms with van der Waals surface area (Å²) in [4.78, 5) is 10.3. The highest BCUT2D eigenvalue weighted by Gasteiger charge is 2.45. The lowest BCUT2D eigenvalue weighted by atomic mass is 9.97. The Morgan fingerprint density at radius 1 is 1.43 bits per heavy atom. The summed E-state index contributed by atoms with van der Waals surface area (Å²) in [5, 5.41) is 30.2. The molecule has 0 aromatic carbocycles. The third kappa shape index (κ3) is 1.91. The normalized spacial score (nSPS) is 43.6. The molecule has 14 heavy (non-hydrogen) atoms. The van der Waals surface area contributed by atoms with E-state index in [1.165, 1.54) is 7.11 Å². The first kappa shape index (κ1) is 11.5. The minimum absolute atomic E-state index is 0.472. The molecule has 0 aliphatic carbocycles. The predicted molar refractivity (Wildman–Crippen MR) is 44.4 cm³/mol. The van der Waals surface area contributed by atoms with E-state index in [2.05, 4.69) is 5.18 Å². The van der Waals surface area contributed by atoms with Crippen molar-refractivity contribution in [3.63, 3.8) is 0 Å². The van der Waals surface area contributed by atoms with E-state index in [1.807, 2.05) is 0 Å². The van der Waals surface area contributed by atoms with Gasteiger partial charge in [-0.05, 0) is 0 Å². The van der Waals surface area contributed by atoms with Crippen LogP contribution in [0.25, 0.3) is 0 Å². The van der Waals surface area contributed by atoms with Crippen LogP contribution in [0.4, 0.5) is 0 Å². The zero-order valence-electron chi connectivity index (χ0n) is 7.61. The van der Waals surface area contributed by atoms with Crippen LogP contribution in [0.2, 0.25) is 0 Å². The second-order valence-corrected chi connectivity index (χ2v) is 3.04. The van der Waals surface area contributed by atoms with Gasteiger partial charge < -0.3 is 24.8 Å². The van der Waals surface area contributed by atoms with E-state index in [0.29, 0.717) is 0 Å². The van der Waals surface area contributed by atoms with Crippen LogP contribution < -0.4 is 0 Å². The summed E-state index contributed by atoms with van der Waals surface area (Å²) < 4.78 is 9.69. The molecular weight excluding hydrogens is 194 g/mol. The quantitative estimate of drug-likeness (QED) is 0.471. The maximum Gasteiger partial charge on any atom is 0.185 e. The zero-order chi connectivity index (χ0) is 10.7. The Bertz CT molecular complexity index is 185. The molecule has 0 aromatic rings. The van der Waals surface area contributed by atoms with Crippen molar-refractivity contribution in [2.75, 3.05) is 13.7 Å². The monoisotopic (exact) mass is 207 g/mol. The van der Waals surface area contributed by atoms with Gasteiger partial charge >= 0.3 is 0 Å². The van der Waals surface area contributed by atoms with Crippen LogP contribution in [0.5, 0.6) is 0 Å². The number of hydrogen-bond acceptors (Lipinski definition) is 7. The van der Waals surface area contributed by atoms with Crippen molar-refractivity contribution < 1.29 is 24.8 Å². The molecule has 82 valence electrons. The van der Waals surface area contributed by atoms with Gasteiger partial charge in [-0.1, -0.05) is 5.18 Å². The van der Waals surface area contributed by atoms with Crippen molar-refractivity contribution in [1.82, 2.24) is 0 Å². The molecule has 1 aliphatic rings. The number of aliphatic hydroxyl groups excluding tert-OH is 3. The minimum Gasteiger partial charge on any atom is -0.394 e. The van der Waals surface area contributed by atoms with E-state index < -0.39 is 37.3 Å². The molecule has 0 radical (unpaired) electrons. The van der Waals surface area contributed by atoms with Gasteiger partial charge in [0.15, 0.2) is 12.3 Å². The van der Waals surface area contributed by atoms with Crippen molar-refractivity contribution in [3.05, 3.63) is 4.91 Å². The smallest absolute Gasteiger partial charge is 0.185 e. The van der Waals surface area contributed by atoms with Crippen LogP contribution in [0, 0.1) is 4.91 Å². The summed E-state index contributed by atoms with van der Waals surface area (Å²) in [6.07, 6.45) is -4.67. The van der Waals surface area contributed by atoms with Crippen molar-refractivity contribution in [2.24, 2.45) is 5.18 Å². The molecule has 1 saturated heterocycles. The van der Waals surface area contributed by atoms with Gasteiger partial charge in [-0.25, -0.2) is 0 Å². The lowest BCUT2D eigenvalue weighted by Crippen LogP contribution is -2.58. The molecule has 0 saturated carbocycles. The second kappa shape index (κ2) is 4.76.